The summed E-state index contributed by atoms with van der Waals surface area (Å²) in [4.78, 5) is 13.4. The van der Waals surface area contributed by atoms with Crippen LogP contribution in [0.3, 0.4) is 0 Å². The molecule has 3 nitrogen and oxygen atoms in total. The van der Waals surface area contributed by atoms with Crippen LogP contribution in [-0.2, 0) is 0 Å². The van der Waals surface area contributed by atoms with Crippen molar-refractivity contribution in [1.29, 1.82) is 0 Å². The smallest absolute Gasteiger partial charge is 0.267 e. The van der Waals surface area contributed by atoms with E-state index >= 15 is 0 Å². The molecule has 1 aliphatic carbocycles. The number of rotatable bonds is 4. The summed E-state index contributed by atoms with van der Waals surface area (Å²) in [7, 11) is 0. The standard InChI is InChI=1S/C27H30N2O/c1-18(2)23-16-15-19(3)25-26(22-13-9-6-10-14-22)28-29(27(23)25)24(30)17-20(4)21-11-7-5-8-12-21/h5-14,17-19,23H,15-16H2,1-4H3/b20-17+/t19-,23+/m1/s1. The van der Waals surface area contributed by atoms with Gasteiger partial charge in [0.25, 0.3) is 5.91 Å². The van der Waals surface area contributed by atoms with Gasteiger partial charge in [0, 0.05) is 23.1 Å². The molecule has 30 heavy (non-hydrogen) atoms. The Hall–Kier alpha value is -2.94. The van der Waals surface area contributed by atoms with Crippen LogP contribution in [0.2, 0.25) is 0 Å². The predicted molar refractivity (Wildman–Crippen MR) is 124 cm³/mol. The van der Waals surface area contributed by atoms with Gasteiger partial charge in [0.05, 0.1) is 11.4 Å². The normalized spacial score (nSPS) is 19.0. The molecule has 3 heteroatoms. The Labute approximate surface area is 179 Å². The van der Waals surface area contributed by atoms with Crippen molar-refractivity contribution in [2.75, 3.05) is 0 Å². The van der Waals surface area contributed by atoms with Crippen LogP contribution in [0.4, 0.5) is 0 Å². The van der Waals surface area contributed by atoms with E-state index in [9.17, 15) is 4.79 Å². The number of nitrogens with zero attached hydrogens (tertiary/aromatic N) is 2. The van der Waals surface area contributed by atoms with Crippen LogP contribution < -0.4 is 0 Å². The van der Waals surface area contributed by atoms with E-state index in [2.05, 4.69) is 32.9 Å². The Morgan fingerprint density at radius 3 is 2.30 bits per heavy atom. The third-order valence-electron chi connectivity index (χ3n) is 6.34. The molecule has 0 unspecified atom stereocenters. The Kier molecular flexibility index (Phi) is 5.72. The lowest BCUT2D eigenvalue weighted by atomic mass is 9.75. The van der Waals surface area contributed by atoms with Crippen LogP contribution in [0.15, 0.2) is 66.7 Å². The summed E-state index contributed by atoms with van der Waals surface area (Å²) in [5, 5.41) is 4.91. The molecule has 0 fully saturated rings. The summed E-state index contributed by atoms with van der Waals surface area (Å²) < 4.78 is 1.70. The topological polar surface area (TPSA) is 34.9 Å². The van der Waals surface area contributed by atoms with Crippen LogP contribution >= 0.6 is 0 Å². The fourth-order valence-corrected chi connectivity index (χ4v) is 4.65. The minimum Gasteiger partial charge on any atom is -0.267 e. The Bertz CT molecular complexity index is 1060. The van der Waals surface area contributed by atoms with E-state index in [0.717, 1.165) is 40.9 Å². The molecule has 4 rings (SSSR count). The first kappa shape index (κ1) is 20.3. The van der Waals surface area contributed by atoms with E-state index in [1.54, 1.807) is 10.8 Å². The zero-order valence-corrected chi connectivity index (χ0v) is 18.3. The molecular formula is C27H30N2O. The molecule has 0 saturated carbocycles. The van der Waals surface area contributed by atoms with Gasteiger partial charge >= 0.3 is 0 Å². The molecule has 0 saturated heterocycles. The van der Waals surface area contributed by atoms with Gasteiger partial charge in [0.1, 0.15) is 0 Å². The molecule has 0 aliphatic heterocycles. The van der Waals surface area contributed by atoms with Crippen molar-refractivity contribution in [2.24, 2.45) is 5.92 Å². The van der Waals surface area contributed by atoms with Crippen LogP contribution in [0.25, 0.3) is 16.8 Å². The number of hydrogen-bond donors (Lipinski definition) is 0. The lowest BCUT2D eigenvalue weighted by Gasteiger charge is -2.30. The summed E-state index contributed by atoms with van der Waals surface area (Å²) in [6.45, 7) is 8.76. The highest BCUT2D eigenvalue weighted by atomic mass is 16.2. The summed E-state index contributed by atoms with van der Waals surface area (Å²) >= 11 is 0. The molecule has 1 heterocycles. The molecule has 154 valence electrons. The van der Waals surface area contributed by atoms with Crippen LogP contribution in [0.5, 0.6) is 0 Å². The van der Waals surface area contributed by atoms with Gasteiger partial charge in [0.15, 0.2) is 0 Å². The summed E-state index contributed by atoms with van der Waals surface area (Å²) in [6, 6.07) is 20.3. The van der Waals surface area contributed by atoms with Gasteiger partial charge in [-0.05, 0) is 42.7 Å². The maximum Gasteiger partial charge on any atom is 0.271 e. The molecule has 0 N–H and O–H groups in total. The highest BCUT2D eigenvalue weighted by Crippen LogP contribution is 2.46. The molecule has 3 aromatic rings. The number of carbonyl (C=O) groups excluding carboxylic acids is 1. The first-order chi connectivity index (χ1) is 14.5. The average molecular weight is 399 g/mol. The molecular weight excluding hydrogens is 368 g/mol. The number of allylic oxidation sites excluding steroid dienone is 2. The van der Waals surface area contributed by atoms with Crippen molar-refractivity contribution in [3.05, 3.63) is 83.6 Å². The SMILES string of the molecule is C/C(=C\C(=O)n1nc(-c2ccccc2)c2c1[C@H](C(C)C)CC[C@H]2C)c1ccccc1. The van der Waals surface area contributed by atoms with Crippen LogP contribution in [0.1, 0.15) is 74.0 Å². The first-order valence-electron chi connectivity index (χ1n) is 10.9. The van der Waals surface area contributed by atoms with Gasteiger partial charge in [0.2, 0.25) is 0 Å². The van der Waals surface area contributed by atoms with Gasteiger partial charge in [-0.1, -0.05) is 81.4 Å². The summed E-state index contributed by atoms with van der Waals surface area (Å²) in [6.07, 6.45) is 3.96. The quantitative estimate of drug-likeness (QED) is 0.447. The molecule has 2 aromatic carbocycles. The lowest BCUT2D eigenvalue weighted by Crippen LogP contribution is -2.23. The van der Waals surface area contributed by atoms with Crippen LogP contribution in [0, 0.1) is 5.92 Å². The number of benzene rings is 2. The number of hydrogen-bond acceptors (Lipinski definition) is 2. The lowest BCUT2D eigenvalue weighted by molar-refractivity contribution is 0.0947. The molecule has 0 amide bonds. The Morgan fingerprint density at radius 1 is 1.03 bits per heavy atom. The fourth-order valence-electron chi connectivity index (χ4n) is 4.65. The van der Waals surface area contributed by atoms with E-state index < -0.39 is 0 Å². The zero-order chi connectivity index (χ0) is 21.3. The first-order valence-corrected chi connectivity index (χ1v) is 10.9. The largest absolute Gasteiger partial charge is 0.271 e. The second-order valence-electron chi connectivity index (χ2n) is 8.79. The molecule has 0 spiro atoms. The van der Waals surface area contributed by atoms with Crippen molar-refractivity contribution in [2.45, 2.75) is 52.4 Å². The van der Waals surface area contributed by atoms with Gasteiger partial charge in [-0.2, -0.15) is 5.10 Å². The average Bonchev–Trinajstić information content (AvgIpc) is 3.16. The molecule has 1 aromatic heterocycles. The van der Waals surface area contributed by atoms with Crippen molar-refractivity contribution in [3.63, 3.8) is 0 Å². The summed E-state index contributed by atoms with van der Waals surface area (Å²) in [5.74, 6) is 1.14. The van der Waals surface area contributed by atoms with E-state index in [0.29, 0.717) is 17.8 Å². The van der Waals surface area contributed by atoms with Crippen molar-refractivity contribution in [1.82, 2.24) is 9.78 Å². The number of aromatic nitrogens is 2. The van der Waals surface area contributed by atoms with E-state index in [1.165, 1.54) is 5.56 Å². The second kappa shape index (κ2) is 8.43. The highest BCUT2D eigenvalue weighted by molar-refractivity contribution is 5.97. The third kappa shape index (κ3) is 3.77. The Morgan fingerprint density at radius 2 is 1.67 bits per heavy atom. The minimum atomic E-state index is -0.0606. The van der Waals surface area contributed by atoms with Gasteiger partial charge in [-0.15, -0.1) is 0 Å². The summed E-state index contributed by atoms with van der Waals surface area (Å²) in [5.41, 5.74) is 6.43. The van der Waals surface area contributed by atoms with Crippen molar-refractivity contribution < 1.29 is 4.79 Å². The van der Waals surface area contributed by atoms with Crippen LogP contribution in [-0.4, -0.2) is 15.7 Å². The van der Waals surface area contributed by atoms with Crippen molar-refractivity contribution in [3.8, 4) is 11.3 Å². The molecule has 0 bridgehead atoms. The maximum atomic E-state index is 13.4. The monoisotopic (exact) mass is 398 g/mol. The predicted octanol–water partition coefficient (Wildman–Crippen LogP) is 6.93. The van der Waals surface area contributed by atoms with E-state index in [1.807, 2.05) is 55.5 Å². The van der Waals surface area contributed by atoms with Gasteiger partial charge in [-0.3, -0.25) is 4.79 Å². The maximum absolute atomic E-state index is 13.4. The fraction of sp³-hybridized carbons (Fsp3) is 0.333. The highest BCUT2D eigenvalue weighted by Gasteiger charge is 2.35. The van der Waals surface area contributed by atoms with Crippen molar-refractivity contribution >= 4 is 11.5 Å². The van der Waals surface area contributed by atoms with Gasteiger partial charge in [-0.25, -0.2) is 4.68 Å². The second-order valence-corrected chi connectivity index (χ2v) is 8.79. The molecule has 1 aliphatic rings. The number of carbonyl (C=O) groups is 1. The molecule has 2 atom stereocenters. The van der Waals surface area contributed by atoms with E-state index in [-0.39, 0.29) is 5.91 Å². The minimum absolute atomic E-state index is 0.0606. The van der Waals surface area contributed by atoms with Gasteiger partial charge < -0.3 is 0 Å². The third-order valence-corrected chi connectivity index (χ3v) is 6.34. The van der Waals surface area contributed by atoms with E-state index in [4.69, 9.17) is 5.10 Å². The number of fused-ring (bicyclic) bond motifs is 1. The molecule has 0 radical (unpaired) electrons. The Balaban J connectivity index is 1.86. The zero-order valence-electron chi connectivity index (χ0n) is 18.3.